The third-order valence-electron chi connectivity index (χ3n) is 5.50. The van der Waals surface area contributed by atoms with Gasteiger partial charge in [-0.25, -0.2) is 4.79 Å². The highest BCUT2D eigenvalue weighted by atomic mass is 16.7. The minimum atomic E-state index is -0.641. The first kappa shape index (κ1) is 16.3. The second-order valence-electron chi connectivity index (χ2n) is 7.51. The van der Waals surface area contributed by atoms with Crippen molar-refractivity contribution in [3.63, 3.8) is 0 Å². The van der Waals surface area contributed by atoms with Crippen LogP contribution in [0.4, 0.5) is 4.79 Å². The largest absolute Gasteiger partial charge is 0.508 e. The fourth-order valence-electron chi connectivity index (χ4n) is 3.95. The van der Waals surface area contributed by atoms with Crippen molar-refractivity contribution >= 4 is 12.1 Å². The summed E-state index contributed by atoms with van der Waals surface area (Å²) < 4.78 is 16.0. The second kappa shape index (κ2) is 6.54. The molecule has 0 spiro atoms. The number of esters is 1. The van der Waals surface area contributed by atoms with Gasteiger partial charge in [0.1, 0.15) is 18.8 Å². The number of hydrogen-bond donors (Lipinski definition) is 0. The Morgan fingerprint density at radius 1 is 1.35 bits per heavy atom. The van der Waals surface area contributed by atoms with Gasteiger partial charge in [0.2, 0.25) is 0 Å². The summed E-state index contributed by atoms with van der Waals surface area (Å²) in [7, 11) is 0. The molecule has 5 nitrogen and oxygen atoms in total. The van der Waals surface area contributed by atoms with E-state index in [0.29, 0.717) is 17.8 Å². The fourth-order valence-corrected chi connectivity index (χ4v) is 3.95. The van der Waals surface area contributed by atoms with Gasteiger partial charge in [-0.1, -0.05) is 39.3 Å². The summed E-state index contributed by atoms with van der Waals surface area (Å²) in [6.45, 7) is 6.61. The van der Waals surface area contributed by atoms with Crippen LogP contribution in [-0.4, -0.2) is 30.9 Å². The molecule has 0 aromatic carbocycles. The molecule has 1 saturated heterocycles. The Morgan fingerprint density at radius 2 is 2.13 bits per heavy atom. The highest BCUT2D eigenvalue weighted by molar-refractivity contribution is 5.79. The van der Waals surface area contributed by atoms with Gasteiger partial charge < -0.3 is 14.2 Å². The van der Waals surface area contributed by atoms with E-state index in [-0.39, 0.29) is 36.6 Å². The average molecular weight is 322 g/mol. The van der Waals surface area contributed by atoms with Gasteiger partial charge in [-0.05, 0) is 30.6 Å². The summed E-state index contributed by atoms with van der Waals surface area (Å²) in [5.41, 5.74) is 0. The predicted molar refractivity (Wildman–Crippen MR) is 83.6 cm³/mol. The molecule has 2 aliphatic carbocycles. The molecule has 0 aromatic heterocycles. The first-order valence-electron chi connectivity index (χ1n) is 8.68. The summed E-state index contributed by atoms with van der Waals surface area (Å²) in [4.78, 5) is 23.5. The van der Waals surface area contributed by atoms with Crippen molar-refractivity contribution in [2.24, 2.45) is 29.6 Å². The van der Waals surface area contributed by atoms with Crippen LogP contribution >= 0.6 is 0 Å². The SMILES string of the molecule is CC(C)[C@@H]1CC[C@@H](C)C[C@H]1OC(=O)OC[C@H]1OC(=O)[C@H]2C=C[C@H]21. The maximum atomic E-state index is 12.0. The van der Waals surface area contributed by atoms with E-state index in [1.54, 1.807) is 0 Å². The van der Waals surface area contributed by atoms with Gasteiger partial charge >= 0.3 is 12.1 Å². The van der Waals surface area contributed by atoms with Gasteiger partial charge in [-0.3, -0.25) is 4.79 Å². The minimum Gasteiger partial charge on any atom is -0.458 e. The quantitative estimate of drug-likeness (QED) is 0.587. The maximum absolute atomic E-state index is 12.0. The lowest BCUT2D eigenvalue weighted by atomic mass is 9.75. The van der Waals surface area contributed by atoms with Crippen LogP contribution in [0, 0.1) is 29.6 Å². The lowest BCUT2D eigenvalue weighted by Gasteiger charge is -2.36. The Kier molecular flexibility index (Phi) is 4.64. The number of cyclic esters (lactones) is 1. The van der Waals surface area contributed by atoms with E-state index >= 15 is 0 Å². The van der Waals surface area contributed by atoms with Crippen LogP contribution in [0.1, 0.15) is 40.0 Å². The van der Waals surface area contributed by atoms with Crippen LogP contribution in [0.15, 0.2) is 12.2 Å². The molecule has 0 N–H and O–H groups in total. The Balaban J connectivity index is 1.48. The van der Waals surface area contributed by atoms with Crippen LogP contribution in [0.2, 0.25) is 0 Å². The highest BCUT2D eigenvalue weighted by Gasteiger charge is 2.47. The van der Waals surface area contributed by atoms with E-state index in [2.05, 4.69) is 20.8 Å². The number of rotatable bonds is 4. The van der Waals surface area contributed by atoms with Crippen molar-refractivity contribution in [3.8, 4) is 0 Å². The van der Waals surface area contributed by atoms with Gasteiger partial charge in [0.05, 0.1) is 5.92 Å². The first-order valence-corrected chi connectivity index (χ1v) is 8.68. The van der Waals surface area contributed by atoms with Gasteiger partial charge in [0.25, 0.3) is 0 Å². The van der Waals surface area contributed by atoms with Crippen LogP contribution in [0.5, 0.6) is 0 Å². The molecule has 1 saturated carbocycles. The van der Waals surface area contributed by atoms with E-state index < -0.39 is 6.16 Å². The lowest BCUT2D eigenvalue weighted by molar-refractivity contribution is -0.145. The molecule has 128 valence electrons. The van der Waals surface area contributed by atoms with Crippen molar-refractivity contribution in [3.05, 3.63) is 12.2 Å². The number of ether oxygens (including phenoxy) is 3. The third-order valence-corrected chi connectivity index (χ3v) is 5.50. The molecule has 0 radical (unpaired) electrons. The number of carbonyl (C=O) groups is 2. The van der Waals surface area contributed by atoms with Crippen molar-refractivity contribution < 1.29 is 23.8 Å². The standard InChI is InChI=1S/C18H26O5/c1-10(2)12-5-4-11(3)8-15(12)23-18(20)21-9-16-13-6-7-14(13)17(19)22-16/h6-7,10-16H,4-5,8-9H2,1-3H3/t11-,12+,13-,14+,15-,16-/m1/s1. The van der Waals surface area contributed by atoms with Crippen LogP contribution in [0.3, 0.4) is 0 Å². The van der Waals surface area contributed by atoms with E-state index in [1.807, 2.05) is 12.2 Å². The molecule has 6 atom stereocenters. The van der Waals surface area contributed by atoms with E-state index in [4.69, 9.17) is 14.2 Å². The van der Waals surface area contributed by atoms with Crippen molar-refractivity contribution in [1.29, 1.82) is 0 Å². The molecular formula is C18H26O5. The molecule has 1 aliphatic heterocycles. The molecule has 3 rings (SSSR count). The number of fused-ring (bicyclic) bond motifs is 1. The Bertz CT molecular complexity index is 498. The summed E-state index contributed by atoms with van der Waals surface area (Å²) >= 11 is 0. The van der Waals surface area contributed by atoms with Gasteiger partial charge in [0.15, 0.2) is 0 Å². The number of hydrogen-bond acceptors (Lipinski definition) is 5. The maximum Gasteiger partial charge on any atom is 0.508 e. The second-order valence-corrected chi connectivity index (χ2v) is 7.51. The Hall–Kier alpha value is -1.52. The molecule has 5 heteroatoms. The third kappa shape index (κ3) is 3.38. The topological polar surface area (TPSA) is 61.8 Å². The van der Waals surface area contributed by atoms with Crippen molar-refractivity contribution in [2.45, 2.75) is 52.2 Å². The van der Waals surface area contributed by atoms with Crippen LogP contribution in [0.25, 0.3) is 0 Å². The molecule has 0 aromatic rings. The van der Waals surface area contributed by atoms with Gasteiger partial charge in [-0.15, -0.1) is 0 Å². The molecule has 0 unspecified atom stereocenters. The summed E-state index contributed by atoms with van der Waals surface area (Å²) in [5.74, 6) is 1.12. The molecule has 2 fully saturated rings. The summed E-state index contributed by atoms with van der Waals surface area (Å²) in [5, 5.41) is 0. The average Bonchev–Trinajstić information content (AvgIpc) is 2.64. The van der Waals surface area contributed by atoms with E-state index in [9.17, 15) is 9.59 Å². The van der Waals surface area contributed by atoms with Crippen molar-refractivity contribution in [2.75, 3.05) is 6.61 Å². The lowest BCUT2D eigenvalue weighted by Crippen LogP contribution is -2.36. The van der Waals surface area contributed by atoms with Crippen LogP contribution < -0.4 is 0 Å². The first-order chi connectivity index (χ1) is 11.0. The highest BCUT2D eigenvalue weighted by Crippen LogP contribution is 2.38. The predicted octanol–water partition coefficient (Wildman–Crippen LogP) is 3.33. The smallest absolute Gasteiger partial charge is 0.458 e. The minimum absolute atomic E-state index is 0.0495. The van der Waals surface area contributed by atoms with E-state index in [1.165, 1.54) is 6.42 Å². The Labute approximate surface area is 137 Å². The molecule has 3 aliphatic rings. The molecular weight excluding hydrogens is 296 g/mol. The number of carbonyl (C=O) groups excluding carboxylic acids is 2. The zero-order valence-corrected chi connectivity index (χ0v) is 14.1. The molecule has 23 heavy (non-hydrogen) atoms. The Morgan fingerprint density at radius 3 is 2.74 bits per heavy atom. The monoisotopic (exact) mass is 322 g/mol. The van der Waals surface area contributed by atoms with Crippen molar-refractivity contribution in [1.82, 2.24) is 0 Å². The normalized spacial score (nSPS) is 38.7. The summed E-state index contributed by atoms with van der Waals surface area (Å²) in [6, 6.07) is 0. The summed E-state index contributed by atoms with van der Waals surface area (Å²) in [6.07, 6.45) is 5.86. The van der Waals surface area contributed by atoms with Gasteiger partial charge in [0, 0.05) is 5.92 Å². The molecule has 0 amide bonds. The zero-order valence-electron chi connectivity index (χ0n) is 14.1. The zero-order chi connectivity index (χ0) is 16.6. The van der Waals surface area contributed by atoms with E-state index in [0.717, 1.165) is 12.8 Å². The van der Waals surface area contributed by atoms with Gasteiger partial charge in [-0.2, -0.15) is 0 Å². The van der Waals surface area contributed by atoms with Crippen LogP contribution in [-0.2, 0) is 19.0 Å². The molecule has 0 bridgehead atoms. The molecule has 1 heterocycles. The fraction of sp³-hybridized carbons (Fsp3) is 0.778.